The minimum absolute atomic E-state index is 0.213. The largest absolute Gasteiger partial charge is 0.465 e. The third-order valence-electron chi connectivity index (χ3n) is 2.65. The van der Waals surface area contributed by atoms with Gasteiger partial charge in [0, 0.05) is 19.1 Å². The van der Waals surface area contributed by atoms with Gasteiger partial charge < -0.3 is 21.1 Å². The van der Waals surface area contributed by atoms with Gasteiger partial charge in [-0.15, -0.1) is 11.3 Å². The van der Waals surface area contributed by atoms with Crippen LogP contribution in [0.25, 0.3) is 0 Å². The monoisotopic (exact) mass is 241 g/mol. The van der Waals surface area contributed by atoms with Gasteiger partial charge in [0.2, 0.25) is 0 Å². The molecule has 1 aromatic rings. The van der Waals surface area contributed by atoms with Gasteiger partial charge in [0.1, 0.15) is 4.88 Å². The van der Waals surface area contributed by atoms with Crippen LogP contribution in [0.15, 0.2) is 6.07 Å². The molecule has 0 aromatic carbocycles. The van der Waals surface area contributed by atoms with E-state index in [1.807, 2.05) is 6.07 Å². The number of hydrogen-bond acceptors (Lipinski definition) is 6. The number of hydrogen-bond donors (Lipinski definition) is 2. The zero-order chi connectivity index (χ0) is 11.7. The number of nitrogens with two attached hydrogens (primary N) is 2. The minimum atomic E-state index is -0.378. The SMILES string of the molecule is COC(=O)c1sc(N2CCC(N)C2)cc1N. The first-order chi connectivity index (χ1) is 7.61. The normalized spacial score (nSPS) is 20.1. The summed E-state index contributed by atoms with van der Waals surface area (Å²) in [4.78, 5) is 14.0. The van der Waals surface area contributed by atoms with E-state index in [0.29, 0.717) is 10.6 Å². The molecule has 1 aliphatic rings. The highest BCUT2D eigenvalue weighted by atomic mass is 32.1. The Kier molecular flexibility index (Phi) is 3.02. The van der Waals surface area contributed by atoms with E-state index < -0.39 is 0 Å². The molecule has 0 aliphatic carbocycles. The topological polar surface area (TPSA) is 81.6 Å². The number of anilines is 2. The summed E-state index contributed by atoms with van der Waals surface area (Å²) in [5, 5.41) is 0.992. The lowest BCUT2D eigenvalue weighted by molar-refractivity contribution is 0.0607. The first-order valence-corrected chi connectivity index (χ1v) is 5.91. The van der Waals surface area contributed by atoms with Crippen molar-refractivity contribution in [2.24, 2.45) is 5.73 Å². The van der Waals surface area contributed by atoms with Crippen molar-refractivity contribution in [3.8, 4) is 0 Å². The molecule has 1 atom stereocenters. The average molecular weight is 241 g/mol. The molecule has 2 heterocycles. The third-order valence-corrected chi connectivity index (χ3v) is 3.85. The molecule has 1 aliphatic heterocycles. The maximum atomic E-state index is 11.4. The highest BCUT2D eigenvalue weighted by molar-refractivity contribution is 7.18. The van der Waals surface area contributed by atoms with Crippen molar-refractivity contribution in [2.45, 2.75) is 12.5 Å². The lowest BCUT2D eigenvalue weighted by Gasteiger charge is -2.14. The highest BCUT2D eigenvalue weighted by Gasteiger charge is 2.23. The number of thiophene rings is 1. The van der Waals surface area contributed by atoms with Crippen molar-refractivity contribution in [3.05, 3.63) is 10.9 Å². The summed E-state index contributed by atoms with van der Waals surface area (Å²) in [6, 6.07) is 2.03. The zero-order valence-corrected chi connectivity index (χ0v) is 9.92. The predicted molar refractivity (Wildman–Crippen MR) is 64.9 cm³/mol. The number of nitrogens with zero attached hydrogens (tertiary/aromatic N) is 1. The minimum Gasteiger partial charge on any atom is -0.465 e. The number of carbonyl (C=O) groups is 1. The van der Waals surface area contributed by atoms with Crippen molar-refractivity contribution in [3.63, 3.8) is 0 Å². The van der Waals surface area contributed by atoms with Crippen LogP contribution >= 0.6 is 11.3 Å². The summed E-state index contributed by atoms with van der Waals surface area (Å²) in [6.45, 7) is 1.74. The van der Waals surface area contributed by atoms with Crippen LogP contribution in [0.2, 0.25) is 0 Å². The maximum Gasteiger partial charge on any atom is 0.350 e. The fourth-order valence-electron chi connectivity index (χ4n) is 1.79. The van der Waals surface area contributed by atoms with Crippen LogP contribution < -0.4 is 16.4 Å². The van der Waals surface area contributed by atoms with Crippen molar-refractivity contribution in [1.82, 2.24) is 0 Å². The number of esters is 1. The molecule has 0 amide bonds. The molecule has 88 valence electrons. The van der Waals surface area contributed by atoms with E-state index >= 15 is 0 Å². The smallest absolute Gasteiger partial charge is 0.350 e. The summed E-state index contributed by atoms with van der Waals surface area (Å²) in [6.07, 6.45) is 0.978. The Labute approximate surface area is 98.0 Å². The lowest BCUT2D eigenvalue weighted by atomic mass is 10.3. The average Bonchev–Trinajstić information content (AvgIpc) is 2.83. The van der Waals surface area contributed by atoms with E-state index in [0.717, 1.165) is 24.5 Å². The number of methoxy groups -OCH3 is 1. The van der Waals surface area contributed by atoms with Gasteiger partial charge in [-0.05, 0) is 12.5 Å². The molecule has 5 nitrogen and oxygen atoms in total. The molecule has 16 heavy (non-hydrogen) atoms. The number of ether oxygens (including phenoxy) is 1. The summed E-state index contributed by atoms with van der Waals surface area (Å²) in [5.41, 5.74) is 12.1. The van der Waals surface area contributed by atoms with E-state index in [1.165, 1.54) is 18.4 Å². The Morgan fingerprint density at radius 3 is 3.00 bits per heavy atom. The maximum absolute atomic E-state index is 11.4. The molecule has 1 saturated heterocycles. The van der Waals surface area contributed by atoms with Gasteiger partial charge in [0.25, 0.3) is 0 Å². The van der Waals surface area contributed by atoms with Crippen LogP contribution in [0.4, 0.5) is 10.7 Å². The van der Waals surface area contributed by atoms with Gasteiger partial charge in [-0.3, -0.25) is 0 Å². The standard InChI is InChI=1S/C10H15N3O2S/c1-15-10(14)9-7(12)4-8(16-9)13-3-2-6(11)5-13/h4,6H,2-3,5,11-12H2,1H3. The molecular formula is C10H15N3O2S. The second-order valence-corrected chi connectivity index (χ2v) is 4.89. The summed E-state index contributed by atoms with van der Waals surface area (Å²) < 4.78 is 4.66. The summed E-state index contributed by atoms with van der Waals surface area (Å²) in [5.74, 6) is -0.378. The second-order valence-electron chi connectivity index (χ2n) is 3.86. The molecule has 1 unspecified atom stereocenters. The number of carbonyl (C=O) groups excluding carboxylic acids is 1. The Morgan fingerprint density at radius 1 is 1.69 bits per heavy atom. The van der Waals surface area contributed by atoms with Crippen molar-refractivity contribution >= 4 is 28.0 Å². The van der Waals surface area contributed by atoms with Crippen LogP contribution in [-0.2, 0) is 4.74 Å². The number of rotatable bonds is 2. The molecular weight excluding hydrogens is 226 g/mol. The molecule has 0 saturated carbocycles. The molecule has 1 aromatic heterocycles. The van der Waals surface area contributed by atoms with Gasteiger partial charge in [-0.25, -0.2) is 4.79 Å². The number of nitrogen functional groups attached to an aromatic ring is 1. The lowest BCUT2D eigenvalue weighted by Crippen LogP contribution is -2.25. The van der Waals surface area contributed by atoms with Gasteiger partial charge in [0.15, 0.2) is 0 Å². The Morgan fingerprint density at radius 2 is 2.44 bits per heavy atom. The predicted octanol–water partition coefficient (Wildman–Crippen LogP) is 0.654. The first-order valence-electron chi connectivity index (χ1n) is 5.10. The van der Waals surface area contributed by atoms with Gasteiger partial charge in [-0.1, -0.05) is 0 Å². The Hall–Kier alpha value is -1.27. The molecule has 0 bridgehead atoms. The van der Waals surface area contributed by atoms with Crippen LogP contribution in [-0.4, -0.2) is 32.2 Å². The fraction of sp³-hybridized carbons (Fsp3) is 0.500. The fourth-order valence-corrected chi connectivity index (χ4v) is 2.82. The van der Waals surface area contributed by atoms with Crippen molar-refractivity contribution in [1.29, 1.82) is 0 Å². The van der Waals surface area contributed by atoms with E-state index in [9.17, 15) is 4.79 Å². The Bertz CT molecular complexity index is 405. The summed E-state index contributed by atoms with van der Waals surface area (Å²) in [7, 11) is 1.35. The molecule has 2 rings (SSSR count). The van der Waals surface area contributed by atoms with Crippen LogP contribution in [0.3, 0.4) is 0 Å². The quantitative estimate of drug-likeness (QED) is 0.743. The molecule has 0 spiro atoms. The van der Waals surface area contributed by atoms with Gasteiger partial charge in [0.05, 0.1) is 17.8 Å². The van der Waals surface area contributed by atoms with E-state index in [2.05, 4.69) is 9.64 Å². The van der Waals surface area contributed by atoms with Crippen molar-refractivity contribution in [2.75, 3.05) is 30.8 Å². The van der Waals surface area contributed by atoms with E-state index in [4.69, 9.17) is 11.5 Å². The Balaban J connectivity index is 2.20. The van der Waals surface area contributed by atoms with Crippen LogP contribution in [0.5, 0.6) is 0 Å². The van der Waals surface area contributed by atoms with E-state index in [1.54, 1.807) is 0 Å². The molecule has 1 fully saturated rings. The second kappa shape index (κ2) is 4.31. The van der Waals surface area contributed by atoms with E-state index in [-0.39, 0.29) is 12.0 Å². The molecule has 0 radical (unpaired) electrons. The van der Waals surface area contributed by atoms with Gasteiger partial charge >= 0.3 is 5.97 Å². The molecule has 4 N–H and O–H groups in total. The van der Waals surface area contributed by atoms with Crippen LogP contribution in [0, 0.1) is 0 Å². The van der Waals surface area contributed by atoms with Gasteiger partial charge in [-0.2, -0.15) is 0 Å². The third kappa shape index (κ3) is 1.98. The first kappa shape index (κ1) is 11.2. The van der Waals surface area contributed by atoms with Crippen molar-refractivity contribution < 1.29 is 9.53 Å². The highest BCUT2D eigenvalue weighted by Crippen LogP contribution is 2.34. The van der Waals surface area contributed by atoms with Crippen LogP contribution in [0.1, 0.15) is 16.1 Å². The summed E-state index contributed by atoms with van der Waals surface area (Å²) >= 11 is 1.36. The molecule has 6 heteroatoms. The zero-order valence-electron chi connectivity index (χ0n) is 9.10.